The summed E-state index contributed by atoms with van der Waals surface area (Å²) in [4.78, 5) is 3.45. The molecule has 0 saturated carbocycles. The molecule has 0 spiro atoms. The maximum Gasteiger partial charge on any atom is 0.280 e. The molecule has 0 aliphatic carbocycles. The van der Waals surface area contributed by atoms with Crippen molar-refractivity contribution < 1.29 is 16.8 Å². The summed E-state index contributed by atoms with van der Waals surface area (Å²) >= 11 is 5.86. The third-order valence-electron chi connectivity index (χ3n) is 2.47. The molecule has 0 amide bonds. The first kappa shape index (κ1) is 15.8. The summed E-state index contributed by atoms with van der Waals surface area (Å²) in [6, 6.07) is 3.45. The van der Waals surface area contributed by atoms with Crippen LogP contribution in [0.25, 0.3) is 0 Å². The monoisotopic (exact) mass is 350 g/mol. The van der Waals surface area contributed by atoms with Gasteiger partial charge in [0.15, 0.2) is 5.03 Å². The quantitative estimate of drug-likeness (QED) is 0.831. The van der Waals surface area contributed by atoms with Gasteiger partial charge in [0, 0.05) is 13.2 Å². The summed E-state index contributed by atoms with van der Waals surface area (Å²) in [7, 11) is -6.34. The largest absolute Gasteiger partial charge is 0.339 e. The molecule has 2 rings (SSSR count). The van der Waals surface area contributed by atoms with E-state index in [1.807, 2.05) is 0 Å². The molecule has 3 N–H and O–H groups in total. The van der Waals surface area contributed by atoms with Crippen molar-refractivity contribution in [3.8, 4) is 0 Å². The molecular weight excluding hydrogens is 340 g/mol. The molecule has 11 heteroatoms. The van der Waals surface area contributed by atoms with Crippen LogP contribution in [0.3, 0.4) is 0 Å². The maximum absolute atomic E-state index is 12.1. The second kappa shape index (κ2) is 5.30. The number of halogens is 1. The highest BCUT2D eigenvalue weighted by atomic mass is 35.5. The van der Waals surface area contributed by atoms with Crippen LogP contribution >= 0.6 is 11.6 Å². The fourth-order valence-corrected chi connectivity index (χ4v) is 3.30. The first-order valence-electron chi connectivity index (χ1n) is 5.43. The van der Waals surface area contributed by atoms with E-state index in [1.165, 1.54) is 29.2 Å². The van der Waals surface area contributed by atoms with Crippen LogP contribution in [-0.4, -0.2) is 26.4 Å². The summed E-state index contributed by atoms with van der Waals surface area (Å²) in [6.45, 7) is 0. The molecule has 0 radical (unpaired) electrons. The molecular formula is C10H11ClN4O4S2. The Labute approximate surface area is 126 Å². The summed E-state index contributed by atoms with van der Waals surface area (Å²) in [5.41, 5.74) is -0.103. The predicted molar refractivity (Wildman–Crippen MR) is 76.8 cm³/mol. The third-order valence-corrected chi connectivity index (χ3v) is 4.96. The average molecular weight is 351 g/mol. The maximum atomic E-state index is 12.1. The van der Waals surface area contributed by atoms with Crippen LogP contribution in [0, 0.1) is 0 Å². The number of hydrogen-bond acceptors (Lipinski definition) is 5. The predicted octanol–water partition coefficient (Wildman–Crippen LogP) is 0.522. The number of aryl methyl sites for hydroxylation is 1. The Kier molecular flexibility index (Phi) is 3.97. The van der Waals surface area contributed by atoms with Gasteiger partial charge >= 0.3 is 0 Å². The Morgan fingerprint density at radius 3 is 2.48 bits per heavy atom. The Morgan fingerprint density at radius 1 is 1.29 bits per heavy atom. The number of nitrogens with two attached hydrogens (primary N) is 1. The van der Waals surface area contributed by atoms with E-state index in [9.17, 15) is 16.8 Å². The number of benzene rings is 1. The highest BCUT2D eigenvalue weighted by molar-refractivity contribution is 7.92. The van der Waals surface area contributed by atoms with E-state index < -0.39 is 20.0 Å². The van der Waals surface area contributed by atoms with E-state index in [1.54, 1.807) is 7.05 Å². The molecule has 0 unspecified atom stereocenters. The van der Waals surface area contributed by atoms with E-state index in [0.717, 1.165) is 6.07 Å². The normalized spacial score (nSPS) is 12.3. The van der Waals surface area contributed by atoms with Gasteiger partial charge < -0.3 is 4.57 Å². The summed E-state index contributed by atoms with van der Waals surface area (Å²) in [5, 5.41) is 4.80. The minimum absolute atomic E-state index is 0.0295. The average Bonchev–Trinajstić information content (AvgIpc) is 2.78. The van der Waals surface area contributed by atoms with Gasteiger partial charge in [-0.15, -0.1) is 0 Å². The molecule has 0 aliphatic heterocycles. The SMILES string of the molecule is Cn1cnc(S(=O)(=O)Nc2cc(S(N)(=O)=O)ccc2Cl)c1. The first-order valence-corrected chi connectivity index (χ1v) is 8.83. The third kappa shape index (κ3) is 3.53. The van der Waals surface area contributed by atoms with Gasteiger partial charge in [0.2, 0.25) is 10.0 Å². The zero-order chi connectivity index (χ0) is 15.8. The van der Waals surface area contributed by atoms with Crippen molar-refractivity contribution in [3.05, 3.63) is 35.7 Å². The molecule has 114 valence electrons. The van der Waals surface area contributed by atoms with Crippen molar-refractivity contribution in [1.82, 2.24) is 9.55 Å². The Bertz CT molecular complexity index is 890. The molecule has 0 aliphatic rings. The molecule has 8 nitrogen and oxygen atoms in total. The van der Waals surface area contributed by atoms with Crippen LogP contribution in [0.5, 0.6) is 0 Å². The molecule has 0 atom stereocenters. The van der Waals surface area contributed by atoms with Crippen molar-refractivity contribution in [2.75, 3.05) is 4.72 Å². The molecule has 2 aromatic rings. The van der Waals surface area contributed by atoms with Gasteiger partial charge in [0.25, 0.3) is 10.0 Å². The second-order valence-corrected chi connectivity index (χ2v) is 7.77. The van der Waals surface area contributed by atoms with Crippen LogP contribution in [0.15, 0.2) is 40.6 Å². The number of primary sulfonamides is 1. The number of aromatic nitrogens is 2. The van der Waals surface area contributed by atoms with Crippen molar-refractivity contribution >= 4 is 37.3 Å². The van der Waals surface area contributed by atoms with Crippen LogP contribution < -0.4 is 9.86 Å². The van der Waals surface area contributed by atoms with Crippen LogP contribution in [0.4, 0.5) is 5.69 Å². The highest BCUT2D eigenvalue weighted by Gasteiger charge is 2.20. The lowest BCUT2D eigenvalue weighted by Gasteiger charge is -2.09. The number of anilines is 1. The van der Waals surface area contributed by atoms with Gasteiger partial charge in [-0.05, 0) is 18.2 Å². The number of hydrogen-bond donors (Lipinski definition) is 2. The summed E-state index contributed by atoms with van der Waals surface area (Å²) in [6.07, 6.45) is 2.61. The minimum Gasteiger partial charge on any atom is -0.339 e. The van der Waals surface area contributed by atoms with Crippen LogP contribution in [0.2, 0.25) is 5.02 Å². The topological polar surface area (TPSA) is 124 Å². The van der Waals surface area contributed by atoms with Crippen molar-refractivity contribution in [2.45, 2.75) is 9.92 Å². The fraction of sp³-hybridized carbons (Fsp3) is 0.100. The van der Waals surface area contributed by atoms with Crippen molar-refractivity contribution in [1.29, 1.82) is 0 Å². The number of rotatable bonds is 4. The van der Waals surface area contributed by atoms with Gasteiger partial charge in [0.05, 0.1) is 21.9 Å². The van der Waals surface area contributed by atoms with E-state index in [4.69, 9.17) is 16.7 Å². The van der Waals surface area contributed by atoms with E-state index in [2.05, 4.69) is 9.71 Å². The lowest BCUT2D eigenvalue weighted by Crippen LogP contribution is -2.16. The van der Waals surface area contributed by atoms with E-state index in [-0.39, 0.29) is 20.6 Å². The molecule has 1 aromatic heterocycles. The summed E-state index contributed by atoms with van der Waals surface area (Å²) < 4.78 is 50.4. The van der Waals surface area contributed by atoms with E-state index >= 15 is 0 Å². The van der Waals surface area contributed by atoms with Crippen molar-refractivity contribution in [3.63, 3.8) is 0 Å². The first-order chi connectivity index (χ1) is 9.59. The molecule has 1 aromatic carbocycles. The number of nitrogens with one attached hydrogen (secondary N) is 1. The molecule has 1 heterocycles. The number of sulfonamides is 2. The van der Waals surface area contributed by atoms with Crippen LogP contribution in [0.1, 0.15) is 0 Å². The Balaban J connectivity index is 2.44. The summed E-state index contributed by atoms with van der Waals surface area (Å²) in [5.74, 6) is 0. The molecule has 0 saturated heterocycles. The van der Waals surface area contributed by atoms with Gasteiger partial charge in [0.1, 0.15) is 0 Å². The number of imidazole rings is 1. The Hall–Kier alpha value is -1.62. The van der Waals surface area contributed by atoms with Gasteiger partial charge in [-0.2, -0.15) is 8.42 Å². The number of nitrogens with zero attached hydrogens (tertiary/aromatic N) is 2. The highest BCUT2D eigenvalue weighted by Crippen LogP contribution is 2.26. The van der Waals surface area contributed by atoms with Gasteiger partial charge in [-0.25, -0.2) is 18.5 Å². The second-order valence-electron chi connectivity index (χ2n) is 4.17. The zero-order valence-corrected chi connectivity index (χ0v) is 13.1. The van der Waals surface area contributed by atoms with E-state index in [0.29, 0.717) is 0 Å². The van der Waals surface area contributed by atoms with Gasteiger partial charge in [-0.1, -0.05) is 11.6 Å². The van der Waals surface area contributed by atoms with Crippen LogP contribution in [-0.2, 0) is 27.1 Å². The standard InChI is InChI=1S/C10H11ClN4O4S2/c1-15-5-10(13-6-15)21(18,19)14-9-4-7(20(12,16)17)2-3-8(9)11/h2-6,14H,1H3,(H2,12,16,17). The molecule has 21 heavy (non-hydrogen) atoms. The smallest absolute Gasteiger partial charge is 0.280 e. The lowest BCUT2D eigenvalue weighted by atomic mass is 10.3. The lowest BCUT2D eigenvalue weighted by molar-refractivity contribution is 0.595. The zero-order valence-electron chi connectivity index (χ0n) is 10.7. The molecule has 0 fully saturated rings. The van der Waals surface area contributed by atoms with Gasteiger partial charge in [-0.3, -0.25) is 4.72 Å². The minimum atomic E-state index is -3.98. The fourth-order valence-electron chi connectivity index (χ4n) is 1.48. The Morgan fingerprint density at radius 2 is 1.95 bits per heavy atom. The molecule has 0 bridgehead atoms. The van der Waals surface area contributed by atoms with Crippen molar-refractivity contribution in [2.24, 2.45) is 12.2 Å².